The molecular formula is C61H42N2OSi. The van der Waals surface area contributed by atoms with Crippen molar-refractivity contribution in [1.82, 2.24) is 0 Å². The topological polar surface area (TPSA) is 19.6 Å². The largest absolute Gasteiger partial charge is 0.456 e. The van der Waals surface area contributed by atoms with Crippen molar-refractivity contribution < 1.29 is 4.42 Å². The standard InChI is InChI=1S/C61H42N2OSi/c1-5-21-43(22-6-1)61(51-29-13-15-31-53(51)62(45-23-7-2-8-24-45)54-32-16-14-30-52(54)61)44-37-39-57-49(41-44)50-42-46(38-40-58(50)64-57)63-55-33-17-19-35-59(55)65(47-25-9-3-10-26-47,48-27-11-4-12-28-48)60-36-20-18-34-56(60)63/h1-42H. The summed E-state index contributed by atoms with van der Waals surface area (Å²) in [5.74, 6) is 0. The van der Waals surface area contributed by atoms with Gasteiger partial charge in [0.15, 0.2) is 8.07 Å². The highest BCUT2D eigenvalue weighted by molar-refractivity contribution is 7.21. The normalized spacial score (nSPS) is 14.3. The number of nitrogens with zero attached hydrogens (tertiary/aromatic N) is 2. The van der Waals surface area contributed by atoms with Gasteiger partial charge in [-0.1, -0.05) is 188 Å². The summed E-state index contributed by atoms with van der Waals surface area (Å²) in [5.41, 5.74) is 12.9. The van der Waals surface area contributed by atoms with Crippen molar-refractivity contribution >= 4 is 84.9 Å². The Morgan fingerprint density at radius 3 is 1.32 bits per heavy atom. The highest BCUT2D eigenvalue weighted by Gasteiger charge is 2.49. The fourth-order valence-electron chi connectivity index (χ4n) is 11.4. The maximum atomic E-state index is 6.76. The number of rotatable bonds is 6. The highest BCUT2D eigenvalue weighted by atomic mass is 28.3. The van der Waals surface area contributed by atoms with E-state index in [9.17, 15) is 0 Å². The monoisotopic (exact) mass is 846 g/mol. The number of benzene rings is 10. The van der Waals surface area contributed by atoms with E-state index in [1.807, 2.05) is 0 Å². The minimum absolute atomic E-state index is 0.636. The number of anilines is 6. The lowest BCUT2D eigenvalue weighted by atomic mass is 9.62. The van der Waals surface area contributed by atoms with E-state index in [4.69, 9.17) is 4.42 Å². The molecule has 4 heteroatoms. The summed E-state index contributed by atoms with van der Waals surface area (Å²) in [6.45, 7) is 0. The molecule has 0 aliphatic carbocycles. The van der Waals surface area contributed by atoms with Gasteiger partial charge >= 0.3 is 0 Å². The number of hydrogen-bond donors (Lipinski definition) is 0. The summed E-state index contributed by atoms with van der Waals surface area (Å²) in [7, 11) is -2.75. The lowest BCUT2D eigenvalue weighted by Crippen LogP contribution is -2.77. The van der Waals surface area contributed by atoms with E-state index < -0.39 is 13.5 Å². The lowest BCUT2D eigenvalue weighted by Gasteiger charge is -2.46. The van der Waals surface area contributed by atoms with E-state index in [0.29, 0.717) is 0 Å². The van der Waals surface area contributed by atoms with E-state index in [2.05, 4.69) is 265 Å². The van der Waals surface area contributed by atoms with Crippen LogP contribution in [0, 0.1) is 0 Å². The average Bonchev–Trinajstić information content (AvgIpc) is 3.75. The summed E-state index contributed by atoms with van der Waals surface area (Å²) in [6, 6.07) is 93.9. The molecule has 0 fully saturated rings. The van der Waals surface area contributed by atoms with Crippen molar-refractivity contribution in [3.05, 3.63) is 277 Å². The molecule has 0 atom stereocenters. The Balaban J connectivity index is 1.05. The smallest absolute Gasteiger partial charge is 0.184 e. The van der Waals surface area contributed by atoms with Gasteiger partial charge in [0.1, 0.15) is 11.2 Å². The van der Waals surface area contributed by atoms with Gasteiger partial charge in [-0.25, -0.2) is 0 Å². The summed E-state index contributed by atoms with van der Waals surface area (Å²) in [6.07, 6.45) is 0. The van der Waals surface area contributed by atoms with Crippen LogP contribution in [0.3, 0.4) is 0 Å². The van der Waals surface area contributed by atoms with Crippen LogP contribution < -0.4 is 30.5 Å². The molecule has 0 radical (unpaired) electrons. The molecule has 3 nitrogen and oxygen atoms in total. The third-order valence-electron chi connectivity index (χ3n) is 14.0. The first kappa shape index (κ1) is 37.4. The number of furan rings is 1. The second kappa shape index (κ2) is 14.7. The fraction of sp³-hybridized carbons (Fsp3) is 0.0164. The molecule has 0 bridgehead atoms. The summed E-state index contributed by atoms with van der Waals surface area (Å²) in [4.78, 5) is 4.91. The van der Waals surface area contributed by atoms with Gasteiger partial charge in [-0.15, -0.1) is 0 Å². The van der Waals surface area contributed by atoms with Gasteiger partial charge in [-0.05, 0) is 110 Å². The van der Waals surface area contributed by atoms with Crippen molar-refractivity contribution in [3.63, 3.8) is 0 Å². The van der Waals surface area contributed by atoms with Gasteiger partial charge in [0, 0.05) is 33.5 Å². The zero-order chi connectivity index (χ0) is 43.0. The molecule has 1 aromatic heterocycles. The molecular weight excluding hydrogens is 805 g/mol. The summed E-state index contributed by atoms with van der Waals surface area (Å²) < 4.78 is 6.76. The summed E-state index contributed by atoms with van der Waals surface area (Å²) >= 11 is 0. The third kappa shape index (κ3) is 5.35. The van der Waals surface area contributed by atoms with Crippen molar-refractivity contribution in [2.24, 2.45) is 0 Å². The zero-order valence-corrected chi connectivity index (χ0v) is 36.6. The van der Waals surface area contributed by atoms with Crippen LogP contribution in [0.5, 0.6) is 0 Å². The molecule has 0 unspecified atom stereocenters. The van der Waals surface area contributed by atoms with Crippen molar-refractivity contribution in [2.45, 2.75) is 5.41 Å². The molecule has 10 aromatic carbocycles. The van der Waals surface area contributed by atoms with Gasteiger partial charge in [0.25, 0.3) is 0 Å². The molecule has 3 heterocycles. The van der Waals surface area contributed by atoms with Crippen LogP contribution in [0.2, 0.25) is 0 Å². The molecule has 0 spiro atoms. The number of hydrogen-bond acceptors (Lipinski definition) is 3. The first-order chi connectivity index (χ1) is 32.3. The SMILES string of the molecule is c1ccc(N2c3ccccc3C(c3ccccc3)(c3ccc4oc5ccc(N6c7ccccc7[Si](c7ccccc7)(c7ccccc7)c7ccccc76)cc5c4c3)c3ccccc32)cc1. The van der Waals surface area contributed by atoms with Crippen LogP contribution in [-0.4, -0.2) is 8.07 Å². The van der Waals surface area contributed by atoms with Crippen LogP contribution in [0.1, 0.15) is 22.3 Å². The first-order valence-corrected chi connectivity index (χ1v) is 24.4. The van der Waals surface area contributed by atoms with Crippen LogP contribution in [0.15, 0.2) is 259 Å². The van der Waals surface area contributed by atoms with Crippen LogP contribution in [0.4, 0.5) is 34.1 Å². The predicted octanol–water partition coefficient (Wildman–Crippen LogP) is 12.9. The highest BCUT2D eigenvalue weighted by Crippen LogP contribution is 2.58. The van der Waals surface area contributed by atoms with Gasteiger partial charge < -0.3 is 14.2 Å². The van der Waals surface area contributed by atoms with Crippen LogP contribution in [-0.2, 0) is 5.41 Å². The third-order valence-corrected chi connectivity index (χ3v) is 18.8. The minimum Gasteiger partial charge on any atom is -0.456 e. The van der Waals surface area contributed by atoms with Crippen molar-refractivity contribution in [3.8, 4) is 0 Å². The Bertz CT molecular complexity index is 3430. The first-order valence-electron chi connectivity index (χ1n) is 22.4. The quantitative estimate of drug-likeness (QED) is 0.155. The Kier molecular flexibility index (Phi) is 8.45. The number of para-hydroxylation sites is 5. The minimum atomic E-state index is -2.75. The van der Waals surface area contributed by atoms with Crippen LogP contribution >= 0.6 is 0 Å². The van der Waals surface area contributed by atoms with Gasteiger partial charge in [0.05, 0.1) is 16.8 Å². The van der Waals surface area contributed by atoms with Gasteiger partial charge in [0.2, 0.25) is 0 Å². The van der Waals surface area contributed by atoms with Gasteiger partial charge in [-0.3, -0.25) is 0 Å². The lowest BCUT2D eigenvalue weighted by molar-refractivity contribution is 0.667. The zero-order valence-electron chi connectivity index (χ0n) is 35.6. The van der Waals surface area contributed by atoms with E-state index in [1.54, 1.807) is 0 Å². The van der Waals surface area contributed by atoms with E-state index in [1.165, 1.54) is 54.4 Å². The molecule has 0 amide bonds. The summed E-state index contributed by atoms with van der Waals surface area (Å²) in [5, 5.41) is 7.67. The second-order valence-corrected chi connectivity index (χ2v) is 20.9. The van der Waals surface area contributed by atoms with Crippen molar-refractivity contribution in [2.75, 3.05) is 9.80 Å². The van der Waals surface area contributed by atoms with E-state index in [0.717, 1.165) is 44.7 Å². The molecule has 2 aliphatic rings. The molecule has 2 aliphatic heterocycles. The molecule has 0 saturated heterocycles. The van der Waals surface area contributed by atoms with E-state index in [-0.39, 0.29) is 0 Å². The van der Waals surface area contributed by atoms with Crippen LogP contribution in [0.25, 0.3) is 21.9 Å². The van der Waals surface area contributed by atoms with Crippen molar-refractivity contribution in [1.29, 1.82) is 0 Å². The maximum absolute atomic E-state index is 6.76. The molecule has 306 valence electrons. The molecule has 13 rings (SSSR count). The number of fused-ring (bicyclic) bond motifs is 7. The molecule has 0 saturated carbocycles. The maximum Gasteiger partial charge on any atom is 0.184 e. The molecule has 11 aromatic rings. The molecule has 65 heavy (non-hydrogen) atoms. The Hall–Kier alpha value is -8.18. The van der Waals surface area contributed by atoms with E-state index >= 15 is 0 Å². The fourth-order valence-corrected chi connectivity index (χ4v) is 16.5. The second-order valence-electron chi connectivity index (χ2n) is 17.2. The van der Waals surface area contributed by atoms with Gasteiger partial charge in [-0.2, -0.15) is 0 Å². The average molecular weight is 847 g/mol. The predicted molar refractivity (Wildman–Crippen MR) is 272 cm³/mol. The Morgan fingerprint density at radius 2 is 0.754 bits per heavy atom. The Labute approximate surface area is 379 Å². The Morgan fingerprint density at radius 1 is 0.323 bits per heavy atom. The molecule has 0 N–H and O–H groups in total.